The lowest BCUT2D eigenvalue weighted by Crippen LogP contribution is -2.42. The topological polar surface area (TPSA) is 49.4 Å². The molecule has 0 aromatic heterocycles. The van der Waals surface area contributed by atoms with Crippen LogP contribution in [-0.2, 0) is 9.59 Å². The lowest BCUT2D eigenvalue weighted by atomic mass is 9.75. The first-order chi connectivity index (χ1) is 13.6. The average Bonchev–Trinajstić information content (AvgIpc) is 2.73. The summed E-state index contributed by atoms with van der Waals surface area (Å²) in [5, 5.41) is 3.43. The number of carbonyl (C=O) groups is 2. The molecule has 1 aromatic rings. The number of dihydropyridines is 1. The molecule has 0 bridgehead atoms. The van der Waals surface area contributed by atoms with E-state index < -0.39 is 0 Å². The minimum absolute atomic E-state index is 0.0913. The molecule has 0 unspecified atom stereocenters. The molecule has 3 aliphatic rings. The highest BCUT2D eigenvalue weighted by molar-refractivity contribution is 7.98. The van der Waals surface area contributed by atoms with E-state index in [1.165, 1.54) is 11.3 Å². The quantitative estimate of drug-likeness (QED) is 0.770. The van der Waals surface area contributed by atoms with Crippen LogP contribution in [0.4, 0.5) is 0 Å². The Morgan fingerprint density at radius 2 is 1.79 bits per heavy atom. The first-order valence-electron chi connectivity index (χ1n) is 10.3. The van der Waals surface area contributed by atoms with Crippen LogP contribution in [0, 0.1) is 0 Å². The van der Waals surface area contributed by atoms with E-state index in [9.17, 15) is 9.59 Å². The van der Waals surface area contributed by atoms with E-state index in [0.29, 0.717) is 6.42 Å². The molecule has 2 heterocycles. The van der Waals surface area contributed by atoms with E-state index in [2.05, 4.69) is 35.8 Å². The molecule has 0 spiro atoms. The fourth-order valence-electron chi connectivity index (χ4n) is 4.66. The number of allylic oxidation sites excluding steroid dienone is 3. The van der Waals surface area contributed by atoms with Gasteiger partial charge < -0.3 is 10.2 Å². The van der Waals surface area contributed by atoms with Gasteiger partial charge in [-0.25, -0.2) is 0 Å². The summed E-state index contributed by atoms with van der Waals surface area (Å²) < 4.78 is 0. The lowest BCUT2D eigenvalue weighted by Gasteiger charge is -2.37. The molecule has 4 rings (SSSR count). The largest absolute Gasteiger partial charge is 0.362 e. The summed E-state index contributed by atoms with van der Waals surface area (Å²) in [6, 6.07) is 8.36. The second-order valence-electron chi connectivity index (χ2n) is 7.89. The van der Waals surface area contributed by atoms with Gasteiger partial charge in [0.15, 0.2) is 5.78 Å². The van der Waals surface area contributed by atoms with Crippen LogP contribution in [0.3, 0.4) is 0 Å². The van der Waals surface area contributed by atoms with Crippen LogP contribution in [0.25, 0.3) is 0 Å². The van der Waals surface area contributed by atoms with Gasteiger partial charge in [-0.1, -0.05) is 12.1 Å². The zero-order valence-corrected chi connectivity index (χ0v) is 17.5. The van der Waals surface area contributed by atoms with Crippen LogP contribution in [0.1, 0.15) is 56.9 Å². The maximum atomic E-state index is 13.5. The van der Waals surface area contributed by atoms with E-state index in [4.69, 9.17) is 0 Å². The first-order valence-corrected chi connectivity index (χ1v) is 11.5. The third-order valence-corrected chi connectivity index (χ3v) is 6.84. The third kappa shape index (κ3) is 3.52. The van der Waals surface area contributed by atoms with Crippen molar-refractivity contribution in [2.45, 2.75) is 56.3 Å². The molecule has 4 nitrogen and oxygen atoms in total. The minimum Gasteiger partial charge on any atom is -0.362 e. The van der Waals surface area contributed by atoms with Crippen molar-refractivity contribution in [3.63, 3.8) is 0 Å². The van der Waals surface area contributed by atoms with Gasteiger partial charge >= 0.3 is 0 Å². The normalized spacial score (nSPS) is 22.9. The second kappa shape index (κ2) is 8.16. The molecular weight excluding hydrogens is 368 g/mol. The van der Waals surface area contributed by atoms with Gasteiger partial charge in [-0.05, 0) is 63.0 Å². The van der Waals surface area contributed by atoms with E-state index >= 15 is 0 Å². The highest BCUT2D eigenvalue weighted by Crippen LogP contribution is 2.43. The molecule has 1 fully saturated rings. The van der Waals surface area contributed by atoms with Crippen molar-refractivity contribution in [3.8, 4) is 0 Å². The average molecular weight is 397 g/mol. The Morgan fingerprint density at radius 3 is 2.46 bits per heavy atom. The van der Waals surface area contributed by atoms with Crippen molar-refractivity contribution in [3.05, 3.63) is 52.4 Å². The maximum absolute atomic E-state index is 13.5. The number of hydrogen-bond donors (Lipinski definition) is 1. The van der Waals surface area contributed by atoms with Gasteiger partial charge in [-0.3, -0.25) is 9.59 Å². The number of benzene rings is 1. The molecule has 2 aliphatic heterocycles. The molecule has 1 amide bonds. The molecule has 148 valence electrons. The van der Waals surface area contributed by atoms with Gasteiger partial charge in [0.25, 0.3) is 5.91 Å². The van der Waals surface area contributed by atoms with Crippen LogP contribution in [-0.4, -0.2) is 35.9 Å². The van der Waals surface area contributed by atoms with Crippen LogP contribution >= 0.6 is 11.8 Å². The number of ketones is 1. The monoisotopic (exact) mass is 396 g/mol. The fraction of sp³-hybridized carbons (Fsp3) is 0.478. The Balaban J connectivity index is 1.79. The molecular formula is C23H28N2O2S. The second-order valence-corrected chi connectivity index (χ2v) is 8.77. The number of amides is 1. The number of rotatable bonds is 3. The van der Waals surface area contributed by atoms with Gasteiger partial charge in [0, 0.05) is 52.9 Å². The predicted octanol–water partition coefficient (Wildman–Crippen LogP) is 4.39. The van der Waals surface area contributed by atoms with Gasteiger partial charge in [0.1, 0.15) is 0 Å². The third-order valence-electron chi connectivity index (χ3n) is 6.10. The molecule has 0 saturated carbocycles. The number of thioether (sulfide) groups is 1. The Morgan fingerprint density at radius 1 is 1.07 bits per heavy atom. The van der Waals surface area contributed by atoms with Crippen LogP contribution < -0.4 is 5.32 Å². The molecule has 1 saturated heterocycles. The summed E-state index contributed by atoms with van der Waals surface area (Å²) in [6.07, 6.45) is 7.70. The zero-order chi connectivity index (χ0) is 19.7. The highest BCUT2D eigenvalue weighted by atomic mass is 32.2. The molecule has 1 atom stereocenters. The summed E-state index contributed by atoms with van der Waals surface area (Å²) in [4.78, 5) is 29.6. The van der Waals surface area contributed by atoms with E-state index in [1.54, 1.807) is 11.8 Å². The van der Waals surface area contributed by atoms with E-state index in [1.807, 2.05) is 11.8 Å². The Bertz CT molecular complexity index is 848. The van der Waals surface area contributed by atoms with Crippen molar-refractivity contribution < 1.29 is 9.59 Å². The van der Waals surface area contributed by atoms with Crippen LogP contribution in [0.5, 0.6) is 0 Å². The van der Waals surface area contributed by atoms with Crippen molar-refractivity contribution >= 4 is 23.5 Å². The van der Waals surface area contributed by atoms with Gasteiger partial charge in [0.2, 0.25) is 0 Å². The lowest BCUT2D eigenvalue weighted by molar-refractivity contribution is -0.128. The van der Waals surface area contributed by atoms with Crippen molar-refractivity contribution in [1.29, 1.82) is 0 Å². The van der Waals surface area contributed by atoms with Crippen molar-refractivity contribution in [1.82, 2.24) is 10.2 Å². The summed E-state index contributed by atoms with van der Waals surface area (Å²) >= 11 is 1.70. The SMILES string of the molecule is CSc1ccc([C@H]2C(C(=O)N3CCCCC3)=C(C)NC3=C2C(=O)CCC3)cc1. The first kappa shape index (κ1) is 19.3. The number of nitrogens with zero attached hydrogens (tertiary/aromatic N) is 1. The highest BCUT2D eigenvalue weighted by Gasteiger charge is 2.39. The van der Waals surface area contributed by atoms with Crippen LogP contribution in [0.2, 0.25) is 0 Å². The molecule has 1 aliphatic carbocycles. The minimum atomic E-state index is -0.255. The smallest absolute Gasteiger partial charge is 0.252 e. The van der Waals surface area contributed by atoms with Crippen LogP contribution in [0.15, 0.2) is 51.7 Å². The number of hydrogen-bond acceptors (Lipinski definition) is 4. The number of carbonyl (C=O) groups excluding carboxylic acids is 2. The summed E-state index contributed by atoms with van der Waals surface area (Å²) in [5.74, 6) is 0.0205. The standard InChI is InChI=1S/C23H28N2O2S/c1-15-20(23(27)25-13-4-3-5-14-25)21(16-9-11-17(28-2)12-10-16)22-18(24-15)7-6-8-19(22)26/h9-12,21,24H,3-8,13-14H2,1-2H3/t21-/m0/s1. The molecule has 28 heavy (non-hydrogen) atoms. The number of piperidine rings is 1. The van der Waals surface area contributed by atoms with Gasteiger partial charge in [-0.2, -0.15) is 0 Å². The Kier molecular flexibility index (Phi) is 5.63. The summed E-state index contributed by atoms with van der Waals surface area (Å²) in [5.41, 5.74) is 4.54. The van der Waals surface area contributed by atoms with Gasteiger partial charge in [-0.15, -0.1) is 11.8 Å². The number of Topliss-reactive ketones (excluding diaryl/α,β-unsaturated/α-hetero) is 1. The molecule has 5 heteroatoms. The maximum Gasteiger partial charge on any atom is 0.252 e. The Labute approximate surface area is 171 Å². The Hall–Kier alpha value is -2.01. The van der Waals surface area contributed by atoms with Crippen molar-refractivity contribution in [2.75, 3.05) is 19.3 Å². The predicted molar refractivity (Wildman–Crippen MR) is 113 cm³/mol. The summed E-state index contributed by atoms with van der Waals surface area (Å²) in [7, 11) is 0. The molecule has 1 aromatic carbocycles. The number of likely N-dealkylation sites (tertiary alicyclic amines) is 1. The van der Waals surface area contributed by atoms with E-state index in [0.717, 1.165) is 66.9 Å². The van der Waals surface area contributed by atoms with E-state index in [-0.39, 0.29) is 17.6 Å². The molecule has 1 N–H and O–H groups in total. The van der Waals surface area contributed by atoms with Gasteiger partial charge in [0.05, 0.1) is 0 Å². The summed E-state index contributed by atoms with van der Waals surface area (Å²) in [6.45, 7) is 3.62. The zero-order valence-electron chi connectivity index (χ0n) is 16.7. The van der Waals surface area contributed by atoms with Crippen molar-refractivity contribution in [2.24, 2.45) is 0 Å². The fourth-order valence-corrected chi connectivity index (χ4v) is 5.07. The molecule has 0 radical (unpaired) electrons. The number of nitrogens with one attached hydrogen (secondary N) is 1.